The number of aliphatic hydroxyl groups is 1. The first-order valence-corrected chi connectivity index (χ1v) is 10.8. The lowest BCUT2D eigenvalue weighted by atomic mass is 9.94. The van der Waals surface area contributed by atoms with Crippen LogP contribution >= 0.6 is 11.3 Å². The number of benzene rings is 1. The van der Waals surface area contributed by atoms with Gasteiger partial charge in [-0.25, -0.2) is 0 Å². The van der Waals surface area contributed by atoms with Crippen LogP contribution in [0, 0.1) is 0 Å². The number of amides is 1. The van der Waals surface area contributed by atoms with Gasteiger partial charge in [-0.15, -0.1) is 11.3 Å². The van der Waals surface area contributed by atoms with Gasteiger partial charge in [0.15, 0.2) is 5.76 Å². The normalized spacial score (nSPS) is 20.4. The third kappa shape index (κ3) is 2.74. The molecule has 3 aromatic rings. The van der Waals surface area contributed by atoms with Gasteiger partial charge >= 0.3 is 0 Å². The molecule has 6 heteroatoms. The lowest BCUT2D eigenvalue weighted by molar-refractivity contribution is -0.131. The second-order valence-electron chi connectivity index (χ2n) is 7.83. The molecule has 1 aliphatic carbocycles. The third-order valence-corrected chi connectivity index (χ3v) is 7.04. The number of ketones is 1. The minimum absolute atomic E-state index is 0.0438. The van der Waals surface area contributed by atoms with Gasteiger partial charge in [0.1, 0.15) is 0 Å². The molecule has 0 saturated heterocycles. The van der Waals surface area contributed by atoms with Crippen molar-refractivity contribution in [3.8, 4) is 0 Å². The maximum atomic E-state index is 13.4. The number of aryl methyl sites for hydroxylation is 1. The second-order valence-corrected chi connectivity index (χ2v) is 8.78. The van der Waals surface area contributed by atoms with Crippen LogP contribution in [0.15, 0.2) is 59.3 Å². The molecule has 2 aliphatic rings. The number of Topliss-reactive ketones (excluding diaryl/α,β-unsaturated/α-hetero) is 1. The summed E-state index contributed by atoms with van der Waals surface area (Å²) in [7, 11) is 1.97. The average Bonchev–Trinajstić information content (AvgIpc) is 3.51. The Morgan fingerprint density at radius 3 is 2.62 bits per heavy atom. The van der Waals surface area contributed by atoms with E-state index in [-0.39, 0.29) is 17.4 Å². The van der Waals surface area contributed by atoms with Crippen LogP contribution in [0.5, 0.6) is 0 Å². The molecule has 0 radical (unpaired) electrons. The molecule has 1 aliphatic heterocycles. The van der Waals surface area contributed by atoms with Crippen LogP contribution in [0.1, 0.15) is 47.0 Å². The summed E-state index contributed by atoms with van der Waals surface area (Å²) in [5, 5.41) is 13.7. The number of thiophene rings is 1. The zero-order chi connectivity index (χ0) is 20.1. The average molecular weight is 407 g/mol. The summed E-state index contributed by atoms with van der Waals surface area (Å²) in [6, 6.07) is 11.0. The molecular formula is C23H22N2O3S. The molecule has 1 fully saturated rings. The van der Waals surface area contributed by atoms with Gasteiger partial charge in [-0.05, 0) is 30.4 Å². The predicted molar refractivity (Wildman–Crippen MR) is 113 cm³/mol. The molecule has 1 N–H and O–H groups in total. The van der Waals surface area contributed by atoms with E-state index in [1.54, 1.807) is 11.0 Å². The van der Waals surface area contributed by atoms with Crippen molar-refractivity contribution in [2.24, 2.45) is 7.05 Å². The Balaban J connectivity index is 1.71. The molecule has 5 nitrogen and oxygen atoms in total. The van der Waals surface area contributed by atoms with Gasteiger partial charge in [0.2, 0.25) is 5.78 Å². The highest BCUT2D eigenvalue weighted by molar-refractivity contribution is 7.12. The number of aromatic nitrogens is 1. The van der Waals surface area contributed by atoms with E-state index in [4.69, 9.17) is 0 Å². The number of fused-ring (bicyclic) bond motifs is 1. The van der Waals surface area contributed by atoms with Gasteiger partial charge in [0.25, 0.3) is 5.91 Å². The fourth-order valence-electron chi connectivity index (χ4n) is 4.85. The molecule has 29 heavy (non-hydrogen) atoms. The van der Waals surface area contributed by atoms with E-state index in [0.29, 0.717) is 4.88 Å². The number of hydrogen-bond acceptors (Lipinski definition) is 4. The van der Waals surface area contributed by atoms with E-state index in [2.05, 4.69) is 0 Å². The molecule has 1 atom stereocenters. The summed E-state index contributed by atoms with van der Waals surface area (Å²) >= 11 is 1.33. The second kappa shape index (κ2) is 6.88. The number of aliphatic hydroxyl groups excluding tert-OH is 1. The Bertz CT molecular complexity index is 1140. The molecule has 3 heterocycles. The van der Waals surface area contributed by atoms with Crippen molar-refractivity contribution in [3.05, 3.63) is 69.7 Å². The Labute approximate surface area is 172 Å². The summed E-state index contributed by atoms with van der Waals surface area (Å²) in [5.41, 5.74) is 2.14. The summed E-state index contributed by atoms with van der Waals surface area (Å²) < 4.78 is 2.02. The Morgan fingerprint density at radius 2 is 1.90 bits per heavy atom. The Kier molecular flexibility index (Phi) is 4.32. The molecule has 1 amide bonds. The van der Waals surface area contributed by atoms with Crippen LogP contribution in [0.3, 0.4) is 0 Å². The van der Waals surface area contributed by atoms with Crippen molar-refractivity contribution in [1.29, 1.82) is 0 Å². The van der Waals surface area contributed by atoms with E-state index in [9.17, 15) is 14.7 Å². The van der Waals surface area contributed by atoms with Gasteiger partial charge in [0.05, 0.1) is 16.5 Å². The first kappa shape index (κ1) is 18.2. The summed E-state index contributed by atoms with van der Waals surface area (Å²) in [4.78, 5) is 28.8. The number of para-hydroxylation sites is 1. The van der Waals surface area contributed by atoms with Crippen LogP contribution in [0.25, 0.3) is 10.9 Å². The van der Waals surface area contributed by atoms with Crippen molar-refractivity contribution in [3.63, 3.8) is 0 Å². The minimum atomic E-state index is -0.564. The molecule has 1 unspecified atom stereocenters. The summed E-state index contributed by atoms with van der Waals surface area (Å²) in [6.45, 7) is 0. The van der Waals surface area contributed by atoms with Gasteiger partial charge in [-0.2, -0.15) is 0 Å². The standard InChI is InChI=1S/C23H22N2O3S/c1-24-13-16(15-9-4-5-10-17(15)24)20-19(21(26)18-11-6-12-29-18)22(27)23(28)25(20)14-7-2-3-8-14/h4-6,9-14,20,27H,2-3,7-8H2,1H3. The number of carbonyl (C=O) groups excluding carboxylic acids is 2. The molecule has 148 valence electrons. The fourth-order valence-corrected chi connectivity index (χ4v) is 5.53. The van der Waals surface area contributed by atoms with E-state index >= 15 is 0 Å². The zero-order valence-corrected chi connectivity index (χ0v) is 17.0. The number of nitrogens with zero attached hydrogens (tertiary/aromatic N) is 2. The van der Waals surface area contributed by atoms with Crippen molar-refractivity contribution < 1.29 is 14.7 Å². The highest BCUT2D eigenvalue weighted by Crippen LogP contribution is 2.45. The van der Waals surface area contributed by atoms with Crippen molar-refractivity contribution >= 4 is 33.9 Å². The summed E-state index contributed by atoms with van der Waals surface area (Å²) in [5.74, 6) is -1.08. The monoisotopic (exact) mass is 406 g/mol. The SMILES string of the molecule is Cn1cc(C2C(C(=O)c3cccs3)=C(O)C(=O)N2C2CCCC2)c2ccccc21. The number of hydrogen-bond donors (Lipinski definition) is 1. The van der Waals surface area contributed by atoms with Crippen LogP contribution in [-0.2, 0) is 11.8 Å². The van der Waals surface area contributed by atoms with Crippen molar-refractivity contribution in [2.45, 2.75) is 37.8 Å². The molecule has 0 spiro atoms. The number of rotatable bonds is 4. The van der Waals surface area contributed by atoms with Gasteiger partial charge < -0.3 is 14.6 Å². The molecule has 2 aromatic heterocycles. The quantitative estimate of drug-likeness (QED) is 0.636. The van der Waals surface area contributed by atoms with E-state index in [1.807, 2.05) is 53.5 Å². The highest BCUT2D eigenvalue weighted by Gasteiger charge is 2.48. The maximum Gasteiger partial charge on any atom is 0.290 e. The topological polar surface area (TPSA) is 62.5 Å². The zero-order valence-electron chi connectivity index (χ0n) is 16.2. The highest BCUT2D eigenvalue weighted by atomic mass is 32.1. The van der Waals surface area contributed by atoms with Crippen molar-refractivity contribution in [1.82, 2.24) is 9.47 Å². The minimum Gasteiger partial charge on any atom is -0.503 e. The Hall–Kier alpha value is -2.86. The molecule has 0 bridgehead atoms. The first-order valence-electron chi connectivity index (χ1n) is 9.96. The van der Waals surface area contributed by atoms with E-state index < -0.39 is 17.7 Å². The molecule has 1 saturated carbocycles. The molecular weight excluding hydrogens is 384 g/mol. The molecule has 5 rings (SSSR count). The van der Waals surface area contributed by atoms with Gasteiger partial charge in [0, 0.05) is 35.8 Å². The van der Waals surface area contributed by atoms with E-state index in [0.717, 1.165) is 42.1 Å². The van der Waals surface area contributed by atoms with Crippen LogP contribution in [0.4, 0.5) is 0 Å². The van der Waals surface area contributed by atoms with Gasteiger partial charge in [-0.3, -0.25) is 9.59 Å². The van der Waals surface area contributed by atoms with Crippen LogP contribution < -0.4 is 0 Å². The van der Waals surface area contributed by atoms with Gasteiger partial charge in [-0.1, -0.05) is 37.1 Å². The predicted octanol–water partition coefficient (Wildman–Crippen LogP) is 4.76. The van der Waals surface area contributed by atoms with Crippen LogP contribution in [-0.4, -0.2) is 32.3 Å². The van der Waals surface area contributed by atoms with Crippen LogP contribution in [0.2, 0.25) is 0 Å². The number of carbonyl (C=O) groups is 2. The van der Waals surface area contributed by atoms with Crippen molar-refractivity contribution in [2.75, 3.05) is 0 Å². The maximum absolute atomic E-state index is 13.4. The molecule has 1 aromatic carbocycles. The first-order chi connectivity index (χ1) is 14.1. The lowest BCUT2D eigenvalue weighted by Crippen LogP contribution is -2.38. The fraction of sp³-hybridized carbons (Fsp3) is 0.304. The summed E-state index contributed by atoms with van der Waals surface area (Å²) in [6.07, 6.45) is 5.92. The Morgan fingerprint density at radius 1 is 1.14 bits per heavy atom. The smallest absolute Gasteiger partial charge is 0.290 e. The lowest BCUT2D eigenvalue weighted by Gasteiger charge is -2.31. The third-order valence-electron chi connectivity index (χ3n) is 6.17. The van der Waals surface area contributed by atoms with E-state index in [1.165, 1.54) is 11.3 Å². The largest absolute Gasteiger partial charge is 0.503 e.